The second kappa shape index (κ2) is 8.72. The first-order chi connectivity index (χ1) is 9.97. The molecule has 0 amide bonds. The van der Waals surface area contributed by atoms with Gasteiger partial charge in [-0.3, -0.25) is 9.69 Å². The molecule has 0 aliphatic heterocycles. The predicted octanol–water partition coefficient (Wildman–Crippen LogP) is 3.47. The summed E-state index contributed by atoms with van der Waals surface area (Å²) in [6, 6.07) is 2.98. The maximum atomic E-state index is 13.8. The molecule has 0 bridgehead atoms. The molecule has 1 N–H and O–H groups in total. The van der Waals surface area contributed by atoms with Gasteiger partial charge in [0.05, 0.1) is 6.42 Å². The molecule has 0 saturated heterocycles. The zero-order valence-corrected chi connectivity index (χ0v) is 12.6. The van der Waals surface area contributed by atoms with E-state index < -0.39 is 17.6 Å². The Labute approximate surface area is 124 Å². The topological polar surface area (TPSA) is 40.5 Å². The largest absolute Gasteiger partial charge is 0.481 e. The highest BCUT2D eigenvalue weighted by Crippen LogP contribution is 2.17. The summed E-state index contributed by atoms with van der Waals surface area (Å²) in [5.41, 5.74) is 0.233. The Bertz CT molecular complexity index is 466. The van der Waals surface area contributed by atoms with E-state index >= 15 is 0 Å². The lowest BCUT2D eigenvalue weighted by atomic mass is 10.0. The molecule has 0 aliphatic carbocycles. The molecular weight excluding hydrogens is 276 g/mol. The quantitative estimate of drug-likeness (QED) is 0.759. The van der Waals surface area contributed by atoms with Crippen LogP contribution in [0.3, 0.4) is 0 Å². The van der Waals surface area contributed by atoms with Gasteiger partial charge in [0.1, 0.15) is 11.6 Å². The molecule has 1 aromatic carbocycles. The average molecular weight is 299 g/mol. The van der Waals surface area contributed by atoms with E-state index in [1.54, 1.807) is 0 Å². The number of unbranched alkanes of at least 4 members (excludes halogenated alkanes) is 1. The van der Waals surface area contributed by atoms with Crippen molar-refractivity contribution in [2.24, 2.45) is 0 Å². The second-order valence-corrected chi connectivity index (χ2v) is 5.17. The minimum absolute atomic E-state index is 0.0759. The predicted molar refractivity (Wildman–Crippen MR) is 78.3 cm³/mol. The minimum Gasteiger partial charge on any atom is -0.481 e. The standard InChI is InChI=1S/C16H23F2NO2/c1-3-5-8-19(4-2)14(11-16(20)21)10-12-9-13(17)6-7-15(12)18/h6-7,9,14H,3-5,8,10-11H2,1-2H3,(H,20,21). The summed E-state index contributed by atoms with van der Waals surface area (Å²) in [4.78, 5) is 13.1. The normalized spacial score (nSPS) is 12.6. The first-order valence-electron chi connectivity index (χ1n) is 7.37. The smallest absolute Gasteiger partial charge is 0.304 e. The molecule has 0 aromatic heterocycles. The van der Waals surface area contributed by atoms with E-state index in [1.165, 1.54) is 0 Å². The Morgan fingerprint density at radius 3 is 2.62 bits per heavy atom. The molecule has 0 radical (unpaired) electrons. The van der Waals surface area contributed by atoms with E-state index in [0.717, 1.165) is 37.6 Å². The van der Waals surface area contributed by atoms with Gasteiger partial charge < -0.3 is 5.11 Å². The maximum absolute atomic E-state index is 13.8. The van der Waals surface area contributed by atoms with E-state index in [2.05, 4.69) is 6.92 Å². The van der Waals surface area contributed by atoms with Crippen LogP contribution in [0, 0.1) is 11.6 Å². The van der Waals surface area contributed by atoms with Crippen molar-refractivity contribution in [1.29, 1.82) is 0 Å². The van der Waals surface area contributed by atoms with Gasteiger partial charge >= 0.3 is 5.97 Å². The highest BCUT2D eigenvalue weighted by molar-refractivity contribution is 5.67. The number of aliphatic carboxylic acids is 1. The lowest BCUT2D eigenvalue weighted by molar-refractivity contribution is -0.138. The monoisotopic (exact) mass is 299 g/mol. The van der Waals surface area contributed by atoms with Crippen molar-refractivity contribution in [3.8, 4) is 0 Å². The van der Waals surface area contributed by atoms with Crippen LogP contribution in [0.4, 0.5) is 8.78 Å². The number of benzene rings is 1. The summed E-state index contributed by atoms with van der Waals surface area (Å²) >= 11 is 0. The third-order valence-corrected chi connectivity index (χ3v) is 3.60. The molecule has 0 spiro atoms. The fourth-order valence-corrected chi connectivity index (χ4v) is 2.45. The number of likely N-dealkylation sites (N-methyl/N-ethyl adjacent to an activating group) is 1. The lowest BCUT2D eigenvalue weighted by Gasteiger charge is -2.30. The number of carboxylic acids is 1. The van der Waals surface area contributed by atoms with Gasteiger partial charge in [0.25, 0.3) is 0 Å². The Balaban J connectivity index is 2.90. The van der Waals surface area contributed by atoms with Gasteiger partial charge in [-0.25, -0.2) is 8.78 Å². The van der Waals surface area contributed by atoms with Gasteiger partial charge in [-0.15, -0.1) is 0 Å². The number of hydrogen-bond acceptors (Lipinski definition) is 2. The molecule has 1 unspecified atom stereocenters. The van der Waals surface area contributed by atoms with Gasteiger partial charge in [0, 0.05) is 6.04 Å². The Morgan fingerprint density at radius 1 is 1.33 bits per heavy atom. The molecule has 5 heteroatoms. The fourth-order valence-electron chi connectivity index (χ4n) is 2.45. The molecule has 118 valence electrons. The van der Waals surface area contributed by atoms with Crippen molar-refractivity contribution in [2.45, 2.75) is 45.6 Å². The molecule has 21 heavy (non-hydrogen) atoms. The molecule has 0 fully saturated rings. The summed E-state index contributed by atoms with van der Waals surface area (Å²) in [5, 5.41) is 9.06. The second-order valence-electron chi connectivity index (χ2n) is 5.17. The van der Waals surface area contributed by atoms with Crippen molar-refractivity contribution < 1.29 is 18.7 Å². The van der Waals surface area contributed by atoms with Crippen LogP contribution in [0.5, 0.6) is 0 Å². The number of carbonyl (C=O) groups is 1. The molecule has 0 aliphatic rings. The van der Waals surface area contributed by atoms with Crippen LogP contribution in [-0.4, -0.2) is 35.1 Å². The highest BCUT2D eigenvalue weighted by Gasteiger charge is 2.22. The average Bonchev–Trinajstić information content (AvgIpc) is 2.43. The molecule has 3 nitrogen and oxygen atoms in total. The van der Waals surface area contributed by atoms with Crippen molar-refractivity contribution in [3.05, 3.63) is 35.4 Å². The van der Waals surface area contributed by atoms with Crippen LogP contribution >= 0.6 is 0 Å². The summed E-state index contributed by atoms with van der Waals surface area (Å²) in [6.45, 7) is 5.47. The SMILES string of the molecule is CCCCN(CC)C(CC(=O)O)Cc1cc(F)ccc1F. The van der Waals surface area contributed by atoms with Crippen molar-refractivity contribution >= 4 is 5.97 Å². The van der Waals surface area contributed by atoms with E-state index in [0.29, 0.717) is 6.54 Å². The number of rotatable bonds is 9. The van der Waals surface area contributed by atoms with Crippen LogP contribution < -0.4 is 0 Å². The van der Waals surface area contributed by atoms with Crippen molar-refractivity contribution in [3.63, 3.8) is 0 Å². The van der Waals surface area contributed by atoms with Gasteiger partial charge in [-0.2, -0.15) is 0 Å². The number of hydrogen-bond donors (Lipinski definition) is 1. The lowest BCUT2D eigenvalue weighted by Crippen LogP contribution is -2.39. The molecule has 1 atom stereocenters. The van der Waals surface area contributed by atoms with Crippen molar-refractivity contribution in [1.82, 2.24) is 4.90 Å². The zero-order valence-electron chi connectivity index (χ0n) is 12.6. The van der Waals surface area contributed by atoms with Crippen LogP contribution in [-0.2, 0) is 11.2 Å². The molecular formula is C16H23F2NO2. The zero-order chi connectivity index (χ0) is 15.8. The summed E-state index contributed by atoms with van der Waals surface area (Å²) in [5.74, 6) is -1.91. The summed E-state index contributed by atoms with van der Waals surface area (Å²) in [7, 11) is 0. The fraction of sp³-hybridized carbons (Fsp3) is 0.562. The van der Waals surface area contributed by atoms with Crippen LogP contribution in [0.1, 0.15) is 38.7 Å². The van der Waals surface area contributed by atoms with Crippen LogP contribution in [0.25, 0.3) is 0 Å². The van der Waals surface area contributed by atoms with E-state index in [-0.39, 0.29) is 24.4 Å². The molecule has 1 rings (SSSR count). The van der Waals surface area contributed by atoms with Gasteiger partial charge in [-0.05, 0) is 49.7 Å². The van der Waals surface area contributed by atoms with E-state index in [1.807, 2.05) is 11.8 Å². The third-order valence-electron chi connectivity index (χ3n) is 3.60. The van der Waals surface area contributed by atoms with Gasteiger partial charge in [0.2, 0.25) is 0 Å². The maximum Gasteiger partial charge on any atom is 0.304 e. The highest BCUT2D eigenvalue weighted by atomic mass is 19.1. The van der Waals surface area contributed by atoms with Crippen molar-refractivity contribution in [2.75, 3.05) is 13.1 Å². The summed E-state index contributed by atoms with van der Waals surface area (Å²) < 4.78 is 27.0. The summed E-state index contributed by atoms with van der Waals surface area (Å²) in [6.07, 6.45) is 2.08. The first-order valence-corrected chi connectivity index (χ1v) is 7.37. The Hall–Kier alpha value is -1.49. The molecule has 0 heterocycles. The van der Waals surface area contributed by atoms with Crippen LogP contribution in [0.15, 0.2) is 18.2 Å². The minimum atomic E-state index is -0.924. The first kappa shape index (κ1) is 17.6. The number of carboxylic acid groups (broad SMARTS) is 1. The molecule has 0 saturated carbocycles. The Morgan fingerprint density at radius 2 is 2.05 bits per heavy atom. The molecule has 1 aromatic rings. The van der Waals surface area contributed by atoms with E-state index in [4.69, 9.17) is 5.11 Å². The Kier molecular flexibility index (Phi) is 7.29. The third kappa shape index (κ3) is 5.79. The van der Waals surface area contributed by atoms with E-state index in [9.17, 15) is 13.6 Å². The number of nitrogens with zero attached hydrogens (tertiary/aromatic N) is 1. The number of halogens is 2. The van der Waals surface area contributed by atoms with Gasteiger partial charge in [0.15, 0.2) is 0 Å². The van der Waals surface area contributed by atoms with Gasteiger partial charge in [-0.1, -0.05) is 20.3 Å². The van der Waals surface area contributed by atoms with Crippen LogP contribution in [0.2, 0.25) is 0 Å².